The van der Waals surface area contributed by atoms with Crippen LogP contribution in [0.1, 0.15) is 33.6 Å². The number of carboxylic acid groups (broad SMARTS) is 1. The summed E-state index contributed by atoms with van der Waals surface area (Å²) in [5.74, 6) is 0.107. The molecule has 0 aliphatic carbocycles. The molecule has 0 spiro atoms. The molecular weight excluding hydrogens is 432 g/mol. The van der Waals surface area contributed by atoms with Gasteiger partial charge in [-0.2, -0.15) is 0 Å². The minimum atomic E-state index is -1.01. The van der Waals surface area contributed by atoms with Crippen LogP contribution in [0.5, 0.6) is 11.5 Å². The summed E-state index contributed by atoms with van der Waals surface area (Å²) in [6, 6.07) is 16.3. The van der Waals surface area contributed by atoms with E-state index in [9.17, 15) is 14.7 Å². The monoisotopic (exact) mass is 462 g/mol. The maximum absolute atomic E-state index is 12.9. The predicted octanol–water partition coefficient (Wildman–Crippen LogP) is 4.78. The van der Waals surface area contributed by atoms with Crippen LogP contribution in [0, 0.1) is 5.41 Å². The first-order chi connectivity index (χ1) is 16.1. The number of hydrogen-bond acceptors (Lipinski definition) is 5. The average Bonchev–Trinajstić information content (AvgIpc) is 3.22. The number of amides is 1. The highest BCUT2D eigenvalue weighted by Gasteiger charge is 2.41. The van der Waals surface area contributed by atoms with Crippen LogP contribution < -0.4 is 9.47 Å². The quantitative estimate of drug-likeness (QED) is 0.567. The fourth-order valence-electron chi connectivity index (χ4n) is 4.28. The lowest BCUT2D eigenvalue weighted by atomic mass is 9.91. The third-order valence-electron chi connectivity index (χ3n) is 5.89. The molecule has 0 bridgehead atoms. The molecule has 3 aromatic rings. The van der Waals surface area contributed by atoms with E-state index in [2.05, 4.69) is 0 Å². The van der Waals surface area contributed by atoms with E-state index in [1.54, 1.807) is 7.11 Å². The van der Waals surface area contributed by atoms with Gasteiger partial charge in [0.05, 0.1) is 24.9 Å². The number of likely N-dealkylation sites (tertiary alicyclic amines) is 1. The van der Waals surface area contributed by atoms with E-state index in [-0.39, 0.29) is 30.7 Å². The first-order valence-corrected chi connectivity index (χ1v) is 11.4. The Hall–Kier alpha value is -3.61. The van der Waals surface area contributed by atoms with Crippen molar-refractivity contribution in [2.24, 2.45) is 5.41 Å². The van der Waals surface area contributed by atoms with Gasteiger partial charge in [-0.05, 0) is 17.5 Å². The summed E-state index contributed by atoms with van der Waals surface area (Å²) in [7, 11) is 1.60. The number of aliphatic carboxylic acids is 1. The molecule has 4 rings (SSSR count). The Labute approximate surface area is 199 Å². The van der Waals surface area contributed by atoms with Gasteiger partial charge in [0, 0.05) is 35.9 Å². The number of ether oxygens (including phenoxy) is 2. The number of pyridine rings is 1. The summed E-state index contributed by atoms with van der Waals surface area (Å²) in [6.45, 7) is 6.13. The van der Waals surface area contributed by atoms with E-state index >= 15 is 0 Å². The minimum absolute atomic E-state index is 0.166. The van der Waals surface area contributed by atoms with Crippen LogP contribution in [0.4, 0.5) is 0 Å². The lowest BCUT2D eigenvalue weighted by Crippen LogP contribution is -2.42. The van der Waals surface area contributed by atoms with Crippen molar-refractivity contribution in [2.45, 2.75) is 45.8 Å². The highest BCUT2D eigenvalue weighted by Crippen LogP contribution is 2.35. The van der Waals surface area contributed by atoms with Gasteiger partial charge in [0.25, 0.3) is 0 Å². The molecule has 178 valence electrons. The van der Waals surface area contributed by atoms with Crippen LogP contribution in [0.25, 0.3) is 22.2 Å². The minimum Gasteiger partial charge on any atom is -0.497 e. The standard InChI is InChI=1S/C27H30N2O5/c1-27(2,3)15-25(30)29-16-19(13-23(29)26(31)32)34-24-14-21(17-8-6-5-7-9-17)28-22-12-18(33-4)10-11-20(22)24/h5-12,14,19,23H,13,15-16H2,1-4H3,(H,31,32)/t19?,23-/m0/s1. The van der Waals surface area contributed by atoms with Gasteiger partial charge in [0.2, 0.25) is 5.91 Å². The highest BCUT2D eigenvalue weighted by molar-refractivity contribution is 5.89. The second kappa shape index (κ2) is 9.33. The largest absolute Gasteiger partial charge is 0.497 e. The zero-order valence-corrected chi connectivity index (χ0v) is 19.9. The summed E-state index contributed by atoms with van der Waals surface area (Å²) in [5.41, 5.74) is 2.16. The number of carboxylic acids is 1. The van der Waals surface area contributed by atoms with Crippen molar-refractivity contribution < 1.29 is 24.2 Å². The number of fused-ring (bicyclic) bond motifs is 1. The van der Waals surface area contributed by atoms with E-state index < -0.39 is 18.1 Å². The van der Waals surface area contributed by atoms with Crippen LogP contribution in [-0.2, 0) is 9.59 Å². The zero-order valence-electron chi connectivity index (χ0n) is 19.9. The Morgan fingerprint density at radius 3 is 2.50 bits per heavy atom. The molecule has 1 fully saturated rings. The Balaban J connectivity index is 1.68. The molecule has 7 nitrogen and oxygen atoms in total. The maximum Gasteiger partial charge on any atom is 0.326 e. The molecule has 7 heteroatoms. The molecule has 1 aliphatic heterocycles. The Morgan fingerprint density at radius 2 is 1.85 bits per heavy atom. The molecule has 0 saturated carbocycles. The van der Waals surface area contributed by atoms with Crippen molar-refractivity contribution in [1.82, 2.24) is 9.88 Å². The second-order valence-corrected chi connectivity index (χ2v) is 9.87. The first-order valence-electron chi connectivity index (χ1n) is 11.4. The van der Waals surface area contributed by atoms with Crippen molar-refractivity contribution in [3.05, 3.63) is 54.6 Å². The highest BCUT2D eigenvalue weighted by atomic mass is 16.5. The van der Waals surface area contributed by atoms with Gasteiger partial charge in [-0.1, -0.05) is 51.1 Å². The summed E-state index contributed by atoms with van der Waals surface area (Å²) >= 11 is 0. The number of carbonyl (C=O) groups is 2. The smallest absolute Gasteiger partial charge is 0.326 e. The van der Waals surface area contributed by atoms with Crippen LogP contribution in [0.15, 0.2) is 54.6 Å². The normalized spacial score (nSPS) is 18.2. The number of carbonyl (C=O) groups excluding carboxylic acids is 1. The molecule has 1 aliphatic rings. The van der Waals surface area contributed by atoms with Crippen LogP contribution in [0.3, 0.4) is 0 Å². The third kappa shape index (κ3) is 5.14. The zero-order chi connectivity index (χ0) is 24.5. The molecule has 1 amide bonds. The van der Waals surface area contributed by atoms with Crippen molar-refractivity contribution in [3.8, 4) is 22.8 Å². The molecule has 2 atom stereocenters. The number of aromatic nitrogens is 1. The Morgan fingerprint density at radius 1 is 1.12 bits per heavy atom. The van der Waals surface area contributed by atoms with Crippen LogP contribution in [-0.4, -0.2) is 52.7 Å². The Kier molecular flexibility index (Phi) is 6.46. The van der Waals surface area contributed by atoms with Crippen molar-refractivity contribution >= 4 is 22.8 Å². The molecular formula is C27H30N2O5. The molecule has 1 N–H and O–H groups in total. The van der Waals surface area contributed by atoms with Crippen LogP contribution >= 0.6 is 0 Å². The molecule has 1 unspecified atom stereocenters. The lowest BCUT2D eigenvalue weighted by molar-refractivity contribution is -0.148. The summed E-state index contributed by atoms with van der Waals surface area (Å²) in [6.07, 6.45) is 0.0623. The van der Waals surface area contributed by atoms with E-state index in [4.69, 9.17) is 14.5 Å². The van der Waals surface area contributed by atoms with Crippen molar-refractivity contribution in [3.63, 3.8) is 0 Å². The molecule has 2 heterocycles. The lowest BCUT2D eigenvalue weighted by Gasteiger charge is -2.25. The number of rotatable bonds is 6. The van der Waals surface area contributed by atoms with Gasteiger partial charge in [0.1, 0.15) is 23.6 Å². The van der Waals surface area contributed by atoms with Gasteiger partial charge < -0.3 is 19.5 Å². The Bertz CT molecular complexity index is 1200. The van der Waals surface area contributed by atoms with E-state index in [1.165, 1.54) is 4.90 Å². The van der Waals surface area contributed by atoms with E-state index in [0.717, 1.165) is 16.6 Å². The molecule has 1 aromatic heterocycles. The third-order valence-corrected chi connectivity index (χ3v) is 5.89. The number of methoxy groups -OCH3 is 1. The van der Waals surface area contributed by atoms with Gasteiger partial charge in [-0.15, -0.1) is 0 Å². The molecule has 34 heavy (non-hydrogen) atoms. The van der Waals surface area contributed by atoms with Gasteiger partial charge in [-0.3, -0.25) is 4.79 Å². The number of hydrogen-bond donors (Lipinski definition) is 1. The molecule has 2 aromatic carbocycles. The van der Waals surface area contributed by atoms with Gasteiger partial charge in [-0.25, -0.2) is 9.78 Å². The summed E-state index contributed by atoms with van der Waals surface area (Å²) < 4.78 is 11.7. The number of benzene rings is 2. The molecule has 0 radical (unpaired) electrons. The SMILES string of the molecule is COc1ccc2c(OC3C[C@@H](C(=O)O)N(C(=O)CC(C)(C)C)C3)cc(-c3ccccc3)nc2c1. The predicted molar refractivity (Wildman–Crippen MR) is 130 cm³/mol. The maximum atomic E-state index is 12.9. The molecule has 1 saturated heterocycles. The van der Waals surface area contributed by atoms with E-state index in [1.807, 2.05) is 75.4 Å². The van der Waals surface area contributed by atoms with Crippen LogP contribution in [0.2, 0.25) is 0 Å². The van der Waals surface area contributed by atoms with Crippen molar-refractivity contribution in [2.75, 3.05) is 13.7 Å². The fourth-order valence-corrected chi connectivity index (χ4v) is 4.28. The summed E-state index contributed by atoms with van der Waals surface area (Å²) in [5, 5.41) is 10.6. The average molecular weight is 463 g/mol. The fraction of sp³-hybridized carbons (Fsp3) is 0.370. The van der Waals surface area contributed by atoms with E-state index in [0.29, 0.717) is 17.0 Å². The van der Waals surface area contributed by atoms with Gasteiger partial charge in [0.15, 0.2) is 0 Å². The second-order valence-electron chi connectivity index (χ2n) is 9.87. The first kappa shape index (κ1) is 23.5. The van der Waals surface area contributed by atoms with Gasteiger partial charge >= 0.3 is 5.97 Å². The topological polar surface area (TPSA) is 89.0 Å². The number of nitrogens with zero attached hydrogens (tertiary/aromatic N) is 2. The summed E-state index contributed by atoms with van der Waals surface area (Å²) in [4.78, 5) is 31.1. The van der Waals surface area contributed by atoms with Crippen molar-refractivity contribution in [1.29, 1.82) is 0 Å².